The first-order valence-corrected chi connectivity index (χ1v) is 5.67. The van der Waals surface area contributed by atoms with Gasteiger partial charge in [-0.05, 0) is 12.1 Å². The minimum Gasteiger partial charge on any atom is -0.389 e. The molecule has 18 heavy (non-hydrogen) atoms. The van der Waals surface area contributed by atoms with Gasteiger partial charge >= 0.3 is 0 Å². The lowest BCUT2D eigenvalue weighted by atomic mass is 10.1. The smallest absolute Gasteiger partial charge is 0.261 e. The number of carbonyl (C=O) groups is 1. The van der Waals surface area contributed by atoms with E-state index < -0.39 is 0 Å². The fourth-order valence-electron chi connectivity index (χ4n) is 1.65. The number of hydrogen-bond acceptors (Lipinski definition) is 3. The normalized spacial score (nSPS) is 10.1. The second kappa shape index (κ2) is 4.97. The fraction of sp³-hybridized carbons (Fsp3) is 0.0833. The van der Waals surface area contributed by atoms with Crippen LogP contribution in [0.2, 0.25) is 0 Å². The molecule has 2 aromatic rings. The number of H-pyrrole nitrogens is 1. The number of rotatable bonds is 3. The zero-order valence-corrected chi connectivity index (χ0v) is 10.6. The molecule has 0 saturated carbocycles. The largest absolute Gasteiger partial charge is 0.389 e. The Morgan fingerprint density at radius 1 is 1.44 bits per heavy atom. The molecule has 2 rings (SSSR count). The van der Waals surface area contributed by atoms with E-state index in [4.69, 9.17) is 18.0 Å². The molecule has 0 aliphatic rings. The molecule has 0 spiro atoms. The van der Waals surface area contributed by atoms with Gasteiger partial charge in [0.05, 0.1) is 17.4 Å². The summed E-state index contributed by atoms with van der Waals surface area (Å²) in [5.74, 6) is -0.174. The van der Waals surface area contributed by atoms with Crippen LogP contribution >= 0.6 is 12.2 Å². The van der Waals surface area contributed by atoms with Crippen molar-refractivity contribution in [2.75, 3.05) is 11.9 Å². The first-order valence-electron chi connectivity index (χ1n) is 5.27. The van der Waals surface area contributed by atoms with Gasteiger partial charge in [-0.3, -0.25) is 9.89 Å². The molecular weight excluding hydrogens is 248 g/mol. The molecule has 1 aromatic carbocycles. The lowest BCUT2D eigenvalue weighted by molar-refractivity contribution is 0.0993. The summed E-state index contributed by atoms with van der Waals surface area (Å²) in [5, 5.41) is 6.36. The summed E-state index contributed by atoms with van der Waals surface area (Å²) >= 11 is 4.98. The highest BCUT2D eigenvalue weighted by molar-refractivity contribution is 7.80. The molecule has 5 nitrogen and oxygen atoms in total. The van der Waals surface area contributed by atoms with E-state index in [1.165, 1.54) is 11.1 Å². The highest BCUT2D eigenvalue weighted by Gasteiger charge is 2.17. The SMILES string of the molecule is CN(C(=O)c1cn[nH]c1)c1ccccc1C(N)=S. The molecule has 1 heterocycles. The van der Waals surface area contributed by atoms with Crippen LogP contribution < -0.4 is 10.6 Å². The van der Waals surface area contributed by atoms with Crippen LogP contribution in [0, 0.1) is 0 Å². The Kier molecular flexibility index (Phi) is 3.38. The van der Waals surface area contributed by atoms with E-state index >= 15 is 0 Å². The summed E-state index contributed by atoms with van der Waals surface area (Å²) in [6, 6.07) is 7.24. The molecule has 0 bridgehead atoms. The van der Waals surface area contributed by atoms with Crippen molar-refractivity contribution in [1.29, 1.82) is 0 Å². The maximum Gasteiger partial charge on any atom is 0.261 e. The predicted molar refractivity (Wildman–Crippen MR) is 73.7 cm³/mol. The van der Waals surface area contributed by atoms with Gasteiger partial charge in [-0.1, -0.05) is 24.4 Å². The van der Waals surface area contributed by atoms with Gasteiger partial charge in [-0.2, -0.15) is 5.10 Å². The third kappa shape index (κ3) is 2.23. The van der Waals surface area contributed by atoms with Crippen LogP contribution in [0.3, 0.4) is 0 Å². The average molecular weight is 260 g/mol. The van der Waals surface area contributed by atoms with E-state index in [1.54, 1.807) is 25.4 Å². The lowest BCUT2D eigenvalue weighted by Gasteiger charge is -2.19. The molecule has 0 unspecified atom stereocenters. The maximum absolute atomic E-state index is 12.2. The van der Waals surface area contributed by atoms with Crippen molar-refractivity contribution >= 4 is 28.8 Å². The summed E-state index contributed by atoms with van der Waals surface area (Å²) in [7, 11) is 1.67. The van der Waals surface area contributed by atoms with Crippen LogP contribution in [-0.2, 0) is 0 Å². The van der Waals surface area contributed by atoms with Crippen molar-refractivity contribution < 1.29 is 4.79 Å². The Morgan fingerprint density at radius 2 is 2.17 bits per heavy atom. The number of nitrogens with zero attached hydrogens (tertiary/aromatic N) is 2. The number of anilines is 1. The Balaban J connectivity index is 2.37. The zero-order chi connectivity index (χ0) is 13.1. The predicted octanol–water partition coefficient (Wildman–Crippen LogP) is 1.32. The monoisotopic (exact) mass is 260 g/mol. The quantitative estimate of drug-likeness (QED) is 0.816. The van der Waals surface area contributed by atoms with Crippen molar-refractivity contribution in [3.63, 3.8) is 0 Å². The van der Waals surface area contributed by atoms with E-state index in [-0.39, 0.29) is 10.9 Å². The first-order chi connectivity index (χ1) is 8.61. The van der Waals surface area contributed by atoms with Gasteiger partial charge in [0, 0.05) is 18.8 Å². The maximum atomic E-state index is 12.2. The number of benzene rings is 1. The van der Waals surface area contributed by atoms with Crippen LogP contribution in [0.1, 0.15) is 15.9 Å². The number of para-hydroxylation sites is 1. The van der Waals surface area contributed by atoms with Gasteiger partial charge in [0.1, 0.15) is 4.99 Å². The number of carbonyl (C=O) groups excluding carboxylic acids is 1. The van der Waals surface area contributed by atoms with Gasteiger partial charge in [0.2, 0.25) is 0 Å². The van der Waals surface area contributed by atoms with Crippen molar-refractivity contribution in [2.45, 2.75) is 0 Å². The minimum atomic E-state index is -0.174. The summed E-state index contributed by atoms with van der Waals surface area (Å²) in [6.07, 6.45) is 3.02. The Morgan fingerprint density at radius 3 is 2.78 bits per heavy atom. The number of thiocarbonyl (C=S) groups is 1. The first kappa shape index (κ1) is 12.3. The van der Waals surface area contributed by atoms with Crippen LogP contribution in [0.4, 0.5) is 5.69 Å². The molecular formula is C12H12N4OS. The second-order valence-electron chi connectivity index (χ2n) is 3.73. The van der Waals surface area contributed by atoms with Gasteiger partial charge in [0.25, 0.3) is 5.91 Å². The average Bonchev–Trinajstić information content (AvgIpc) is 2.90. The summed E-state index contributed by atoms with van der Waals surface area (Å²) < 4.78 is 0. The van der Waals surface area contributed by atoms with Crippen LogP contribution in [0.15, 0.2) is 36.7 Å². The number of hydrogen-bond donors (Lipinski definition) is 2. The topological polar surface area (TPSA) is 75.0 Å². The van der Waals surface area contributed by atoms with Gasteiger partial charge in [-0.25, -0.2) is 0 Å². The number of aromatic nitrogens is 2. The highest BCUT2D eigenvalue weighted by Crippen LogP contribution is 2.20. The molecule has 0 atom stereocenters. The molecule has 0 radical (unpaired) electrons. The van der Waals surface area contributed by atoms with E-state index in [0.29, 0.717) is 16.8 Å². The van der Waals surface area contributed by atoms with Crippen LogP contribution in [-0.4, -0.2) is 28.1 Å². The highest BCUT2D eigenvalue weighted by atomic mass is 32.1. The number of amides is 1. The Bertz CT molecular complexity index is 580. The van der Waals surface area contributed by atoms with E-state index in [2.05, 4.69) is 10.2 Å². The third-order valence-corrected chi connectivity index (χ3v) is 2.80. The molecule has 0 aliphatic carbocycles. The number of nitrogens with two attached hydrogens (primary N) is 1. The summed E-state index contributed by atoms with van der Waals surface area (Å²) in [6.45, 7) is 0. The Labute approximate surface area is 110 Å². The standard InChI is InChI=1S/C12H12N4OS/c1-16(12(17)8-6-14-15-7-8)10-5-3-2-4-9(10)11(13)18/h2-7H,1H3,(H2,13,18)(H,14,15). The molecule has 1 amide bonds. The van der Waals surface area contributed by atoms with Crippen molar-refractivity contribution in [1.82, 2.24) is 10.2 Å². The Hall–Kier alpha value is -2.21. The zero-order valence-electron chi connectivity index (χ0n) is 9.75. The molecule has 0 fully saturated rings. The molecule has 0 saturated heterocycles. The van der Waals surface area contributed by atoms with Crippen molar-refractivity contribution in [2.24, 2.45) is 5.73 Å². The third-order valence-electron chi connectivity index (χ3n) is 2.58. The van der Waals surface area contributed by atoms with Crippen molar-refractivity contribution in [3.05, 3.63) is 47.8 Å². The molecule has 3 N–H and O–H groups in total. The van der Waals surface area contributed by atoms with Crippen LogP contribution in [0.5, 0.6) is 0 Å². The van der Waals surface area contributed by atoms with Crippen LogP contribution in [0.25, 0.3) is 0 Å². The molecule has 1 aromatic heterocycles. The van der Waals surface area contributed by atoms with Gasteiger partial charge in [-0.15, -0.1) is 0 Å². The minimum absolute atomic E-state index is 0.174. The van der Waals surface area contributed by atoms with E-state index in [1.807, 2.05) is 12.1 Å². The van der Waals surface area contributed by atoms with Crippen molar-refractivity contribution in [3.8, 4) is 0 Å². The summed E-state index contributed by atoms with van der Waals surface area (Å²) in [4.78, 5) is 13.9. The number of nitrogens with one attached hydrogen (secondary N) is 1. The molecule has 92 valence electrons. The number of aromatic amines is 1. The van der Waals surface area contributed by atoms with E-state index in [9.17, 15) is 4.79 Å². The van der Waals surface area contributed by atoms with Gasteiger partial charge in [0.15, 0.2) is 0 Å². The van der Waals surface area contributed by atoms with E-state index in [0.717, 1.165) is 0 Å². The molecule has 0 aliphatic heterocycles. The summed E-state index contributed by atoms with van der Waals surface area (Å²) in [5.41, 5.74) is 7.48. The lowest BCUT2D eigenvalue weighted by Crippen LogP contribution is -2.28. The molecule has 6 heteroatoms. The van der Waals surface area contributed by atoms with Gasteiger partial charge < -0.3 is 10.6 Å². The second-order valence-corrected chi connectivity index (χ2v) is 4.17. The fourth-order valence-corrected chi connectivity index (χ4v) is 1.82.